The van der Waals surface area contributed by atoms with Crippen LogP contribution in [-0.4, -0.2) is 18.5 Å². The molecule has 1 aliphatic heterocycles. The zero-order valence-electron chi connectivity index (χ0n) is 7.59. The molecule has 14 heavy (non-hydrogen) atoms. The van der Waals surface area contributed by atoms with Crippen molar-refractivity contribution < 1.29 is 9.18 Å². The molecule has 0 unspecified atom stereocenters. The van der Waals surface area contributed by atoms with E-state index in [1.807, 2.05) is 0 Å². The molecule has 2 N–H and O–H groups in total. The van der Waals surface area contributed by atoms with Crippen LogP contribution in [0.4, 0.5) is 10.1 Å². The van der Waals surface area contributed by atoms with Gasteiger partial charge in [0, 0.05) is 5.69 Å². The average Bonchev–Trinajstić information content (AvgIpc) is 2.06. The number of rotatable bonds is 2. The number of hydrogen-bond donors (Lipinski definition) is 2. The normalized spacial score (nSPS) is 19.9. The number of anilines is 1. The third-order valence-corrected chi connectivity index (χ3v) is 2.25. The fourth-order valence-corrected chi connectivity index (χ4v) is 1.28. The molecule has 0 radical (unpaired) electrons. The highest BCUT2D eigenvalue weighted by Gasteiger charge is 2.24. The summed E-state index contributed by atoms with van der Waals surface area (Å²) in [5, 5.41) is 5.69. The monoisotopic (exact) mass is 194 g/mol. The second-order valence-electron chi connectivity index (χ2n) is 3.29. The van der Waals surface area contributed by atoms with Crippen LogP contribution >= 0.6 is 0 Å². The van der Waals surface area contributed by atoms with Gasteiger partial charge in [0.15, 0.2) is 0 Å². The van der Waals surface area contributed by atoms with Crippen molar-refractivity contribution >= 4 is 11.6 Å². The van der Waals surface area contributed by atoms with E-state index in [2.05, 4.69) is 10.6 Å². The molecule has 1 aromatic rings. The maximum Gasteiger partial charge on any atom is 0.241 e. The smallest absolute Gasteiger partial charge is 0.241 e. The van der Waals surface area contributed by atoms with Gasteiger partial charge in [-0.3, -0.25) is 4.79 Å². The lowest BCUT2D eigenvalue weighted by Crippen LogP contribution is -2.50. The Kier molecular flexibility index (Phi) is 2.45. The summed E-state index contributed by atoms with van der Waals surface area (Å²) in [6.07, 6.45) is 0.868. The van der Waals surface area contributed by atoms with Crippen molar-refractivity contribution in [2.45, 2.75) is 12.5 Å². The zero-order valence-corrected chi connectivity index (χ0v) is 7.59. The van der Waals surface area contributed by atoms with E-state index >= 15 is 0 Å². The van der Waals surface area contributed by atoms with Gasteiger partial charge in [-0.05, 0) is 37.2 Å². The molecule has 1 saturated heterocycles. The van der Waals surface area contributed by atoms with Crippen molar-refractivity contribution in [1.29, 1.82) is 0 Å². The molecule has 0 saturated carbocycles. The highest BCUT2D eigenvalue weighted by Crippen LogP contribution is 2.10. The Balaban J connectivity index is 1.96. The first-order valence-electron chi connectivity index (χ1n) is 4.55. The molecular formula is C10H11FN2O. The van der Waals surface area contributed by atoms with Gasteiger partial charge in [0.1, 0.15) is 5.82 Å². The van der Waals surface area contributed by atoms with Gasteiger partial charge < -0.3 is 10.6 Å². The Morgan fingerprint density at radius 1 is 1.43 bits per heavy atom. The number of carbonyl (C=O) groups excluding carboxylic acids is 1. The Hall–Kier alpha value is -1.42. The minimum absolute atomic E-state index is 0.0529. The fourth-order valence-electron chi connectivity index (χ4n) is 1.28. The van der Waals surface area contributed by atoms with Crippen LogP contribution in [0.5, 0.6) is 0 Å². The third-order valence-electron chi connectivity index (χ3n) is 2.25. The molecule has 0 aliphatic carbocycles. The number of halogens is 1. The highest BCUT2D eigenvalue weighted by molar-refractivity contribution is 5.95. The van der Waals surface area contributed by atoms with Gasteiger partial charge in [-0.2, -0.15) is 0 Å². The van der Waals surface area contributed by atoms with Crippen molar-refractivity contribution in [3.8, 4) is 0 Å². The molecule has 2 rings (SSSR count). The van der Waals surface area contributed by atoms with Gasteiger partial charge in [-0.15, -0.1) is 0 Å². The molecular weight excluding hydrogens is 183 g/mol. The average molecular weight is 194 g/mol. The predicted molar refractivity (Wildman–Crippen MR) is 51.4 cm³/mol. The second kappa shape index (κ2) is 3.75. The molecule has 0 spiro atoms. The predicted octanol–water partition coefficient (Wildman–Crippen LogP) is 1.13. The minimum Gasteiger partial charge on any atom is -0.325 e. The van der Waals surface area contributed by atoms with E-state index in [-0.39, 0.29) is 17.8 Å². The molecule has 1 amide bonds. The maximum absolute atomic E-state index is 12.5. The van der Waals surface area contributed by atoms with Gasteiger partial charge >= 0.3 is 0 Å². The first-order valence-corrected chi connectivity index (χ1v) is 4.55. The lowest BCUT2D eigenvalue weighted by molar-refractivity contribution is -0.119. The molecule has 1 aliphatic rings. The van der Waals surface area contributed by atoms with Gasteiger partial charge in [-0.25, -0.2) is 4.39 Å². The van der Waals surface area contributed by atoms with E-state index in [0.717, 1.165) is 13.0 Å². The number of hydrogen-bond acceptors (Lipinski definition) is 2. The van der Waals surface area contributed by atoms with Crippen LogP contribution in [0.1, 0.15) is 6.42 Å². The van der Waals surface area contributed by atoms with Crippen LogP contribution < -0.4 is 10.6 Å². The van der Waals surface area contributed by atoms with Crippen molar-refractivity contribution in [1.82, 2.24) is 5.32 Å². The molecule has 3 nitrogen and oxygen atoms in total. The van der Waals surface area contributed by atoms with Gasteiger partial charge in [0.25, 0.3) is 0 Å². The number of carbonyl (C=O) groups is 1. The molecule has 1 aromatic carbocycles. The van der Waals surface area contributed by atoms with Crippen LogP contribution in [0.2, 0.25) is 0 Å². The molecule has 1 atom stereocenters. The van der Waals surface area contributed by atoms with E-state index in [4.69, 9.17) is 0 Å². The van der Waals surface area contributed by atoms with Crippen LogP contribution in [0.15, 0.2) is 24.3 Å². The molecule has 0 bridgehead atoms. The summed E-state index contributed by atoms with van der Waals surface area (Å²) < 4.78 is 12.5. The molecule has 74 valence electrons. The Labute approximate surface area is 81.3 Å². The van der Waals surface area contributed by atoms with E-state index in [1.54, 1.807) is 12.1 Å². The summed E-state index contributed by atoms with van der Waals surface area (Å²) >= 11 is 0. The fraction of sp³-hybridized carbons (Fsp3) is 0.300. The molecule has 1 fully saturated rings. The standard InChI is InChI=1S/C10H11FN2O/c11-7-1-3-8(4-2-7)13-10(14)9-5-6-12-9/h1-4,9,12H,5-6H2,(H,13,14)/t9-/m1/s1. The van der Waals surface area contributed by atoms with Crippen LogP contribution in [0.25, 0.3) is 0 Å². The SMILES string of the molecule is O=C(Nc1ccc(F)cc1)[C@H]1CCN1. The van der Waals surface area contributed by atoms with Crippen molar-refractivity contribution in [2.75, 3.05) is 11.9 Å². The summed E-state index contributed by atoms with van der Waals surface area (Å²) in [7, 11) is 0. The number of benzene rings is 1. The van der Waals surface area contributed by atoms with Crippen LogP contribution in [0.3, 0.4) is 0 Å². The largest absolute Gasteiger partial charge is 0.325 e. The van der Waals surface area contributed by atoms with Gasteiger partial charge in [-0.1, -0.05) is 0 Å². The molecule has 1 heterocycles. The zero-order chi connectivity index (χ0) is 9.97. The highest BCUT2D eigenvalue weighted by atomic mass is 19.1. The minimum atomic E-state index is -0.301. The lowest BCUT2D eigenvalue weighted by Gasteiger charge is -2.26. The van der Waals surface area contributed by atoms with E-state index in [9.17, 15) is 9.18 Å². The number of nitrogens with one attached hydrogen (secondary N) is 2. The van der Waals surface area contributed by atoms with Crippen LogP contribution in [0, 0.1) is 5.82 Å². The topological polar surface area (TPSA) is 41.1 Å². The maximum atomic E-state index is 12.5. The third kappa shape index (κ3) is 1.90. The summed E-state index contributed by atoms with van der Waals surface area (Å²) in [5.41, 5.74) is 0.630. The summed E-state index contributed by atoms with van der Waals surface area (Å²) in [5.74, 6) is -0.354. The Morgan fingerprint density at radius 3 is 2.57 bits per heavy atom. The number of amides is 1. The Bertz CT molecular complexity index is 332. The van der Waals surface area contributed by atoms with E-state index in [1.165, 1.54) is 12.1 Å². The second-order valence-corrected chi connectivity index (χ2v) is 3.29. The first kappa shape index (κ1) is 9.15. The van der Waals surface area contributed by atoms with Gasteiger partial charge in [0.05, 0.1) is 6.04 Å². The quantitative estimate of drug-likeness (QED) is 0.740. The first-order chi connectivity index (χ1) is 6.75. The Morgan fingerprint density at radius 2 is 2.07 bits per heavy atom. The van der Waals surface area contributed by atoms with Crippen LogP contribution in [-0.2, 0) is 4.79 Å². The van der Waals surface area contributed by atoms with Crippen molar-refractivity contribution in [2.24, 2.45) is 0 Å². The van der Waals surface area contributed by atoms with E-state index < -0.39 is 0 Å². The van der Waals surface area contributed by atoms with Crippen molar-refractivity contribution in [3.05, 3.63) is 30.1 Å². The van der Waals surface area contributed by atoms with Crippen molar-refractivity contribution in [3.63, 3.8) is 0 Å². The van der Waals surface area contributed by atoms with E-state index in [0.29, 0.717) is 5.69 Å². The lowest BCUT2D eigenvalue weighted by atomic mass is 10.1. The summed E-state index contributed by atoms with van der Waals surface area (Å²) in [6.45, 7) is 0.890. The summed E-state index contributed by atoms with van der Waals surface area (Å²) in [6, 6.07) is 5.66. The molecule has 4 heteroatoms. The molecule has 0 aromatic heterocycles. The van der Waals surface area contributed by atoms with Gasteiger partial charge in [0.2, 0.25) is 5.91 Å². The summed E-state index contributed by atoms with van der Waals surface area (Å²) in [4.78, 5) is 11.4.